The van der Waals surface area contributed by atoms with E-state index in [2.05, 4.69) is 4.57 Å². The summed E-state index contributed by atoms with van der Waals surface area (Å²) in [5, 5.41) is 2.10. The fraction of sp³-hybridized carbons (Fsp3) is 0. The molecule has 8 rings (SSSR count). The molecule has 0 spiro atoms. The van der Waals surface area contributed by atoms with Crippen molar-refractivity contribution in [1.29, 1.82) is 0 Å². The van der Waals surface area contributed by atoms with E-state index in [1.54, 1.807) is 36.4 Å². The average molecular weight is 494 g/mol. The molecule has 0 aliphatic heterocycles. The Kier molecular flexibility index (Phi) is 3.03. The molecule has 2 aromatic heterocycles. The van der Waals surface area contributed by atoms with E-state index in [4.69, 9.17) is 8.22 Å². The number of para-hydroxylation sites is 4. The van der Waals surface area contributed by atoms with E-state index in [1.165, 1.54) is 4.57 Å². The highest BCUT2D eigenvalue weighted by atomic mass is 15.0. The van der Waals surface area contributed by atoms with Gasteiger partial charge >= 0.3 is 0 Å². The molecule has 2 nitrogen and oxygen atoms in total. The lowest BCUT2D eigenvalue weighted by atomic mass is 10.0. The molecule has 0 atom stereocenters. The lowest BCUT2D eigenvalue weighted by molar-refractivity contribution is 1.18. The lowest BCUT2D eigenvalue weighted by Crippen LogP contribution is -1.93. The van der Waals surface area contributed by atoms with Crippen molar-refractivity contribution in [3.63, 3.8) is 0 Å². The van der Waals surface area contributed by atoms with Crippen LogP contribution in [0.1, 0.15) is 12.3 Å². The summed E-state index contributed by atoms with van der Waals surface area (Å²) >= 11 is 0. The molecule has 0 radical (unpaired) electrons. The summed E-state index contributed by atoms with van der Waals surface area (Å²) in [7, 11) is 0. The molecule has 0 saturated heterocycles. The predicted molar refractivity (Wildman–Crippen MR) is 161 cm³/mol. The van der Waals surface area contributed by atoms with Gasteiger partial charge in [0.2, 0.25) is 0 Å². The average Bonchev–Trinajstić information content (AvgIpc) is 3.60. The second-order valence-electron chi connectivity index (χ2n) is 9.13. The molecular weight excluding hydrogens is 460 g/mol. The minimum atomic E-state index is -0.446. The number of fused-ring (bicyclic) bond motifs is 6. The van der Waals surface area contributed by atoms with Crippen LogP contribution < -0.4 is 0 Å². The zero-order valence-electron chi connectivity index (χ0n) is 29.1. The Morgan fingerprint density at radius 2 is 1.08 bits per heavy atom. The Morgan fingerprint density at radius 1 is 0.421 bits per heavy atom. The molecule has 0 aliphatic carbocycles. The second-order valence-corrected chi connectivity index (χ2v) is 9.13. The molecule has 6 aromatic carbocycles. The van der Waals surface area contributed by atoms with Crippen LogP contribution in [0.5, 0.6) is 0 Å². The van der Waals surface area contributed by atoms with Gasteiger partial charge in [0.15, 0.2) is 0 Å². The summed E-state index contributed by atoms with van der Waals surface area (Å²) in [6.45, 7) is 0. The van der Waals surface area contributed by atoms with Gasteiger partial charge in [0, 0.05) is 32.9 Å². The molecule has 0 saturated carbocycles. The molecule has 38 heavy (non-hydrogen) atoms. The predicted octanol–water partition coefficient (Wildman–Crippen LogP) is 9.55. The Bertz CT molecular complexity index is 2600. The molecule has 0 aliphatic rings. The first-order chi connectivity index (χ1) is 22.6. The summed E-state index contributed by atoms with van der Waals surface area (Å²) in [6.07, 6.45) is 0. The molecule has 0 bridgehead atoms. The SMILES string of the molecule is [2H]c1ccc(-n2c3ccccc3c3cc(-c4c([2H])c([2H])c5c(c4[2H])c4c([2H])c([2H])c([2H])c([2H])c4n5-c4ccc([2H])cc4)ccc32)cc1. The standard InChI is InChI=1S/C36H24N2/c1-3-11-27(12-4-1)37-33-17-9-7-15-29(33)31-23-25(19-21-35(31)37)26-20-22-36-32(24-26)30-16-8-10-18-34(30)38(36)28-13-5-2-6-14-28/h1-24H/i1D,2D,7D,9D,15D,17D,19D,21D,23D. The fourth-order valence-electron chi connectivity index (χ4n) is 5.38. The zero-order valence-corrected chi connectivity index (χ0v) is 20.1. The topological polar surface area (TPSA) is 9.86 Å². The fourth-order valence-corrected chi connectivity index (χ4v) is 5.38. The number of nitrogens with zero attached hydrogens (tertiary/aromatic N) is 2. The minimum Gasteiger partial charge on any atom is -0.309 e. The first-order valence-corrected chi connectivity index (χ1v) is 12.3. The Hall–Kier alpha value is -5.08. The first kappa shape index (κ1) is 14.0. The van der Waals surface area contributed by atoms with E-state index in [0.717, 1.165) is 27.5 Å². The van der Waals surface area contributed by atoms with Crippen molar-refractivity contribution in [2.75, 3.05) is 0 Å². The van der Waals surface area contributed by atoms with Crippen molar-refractivity contribution in [2.24, 2.45) is 0 Å². The van der Waals surface area contributed by atoms with E-state index in [-0.39, 0.29) is 63.6 Å². The van der Waals surface area contributed by atoms with Gasteiger partial charge in [-0.2, -0.15) is 0 Å². The third kappa shape index (κ3) is 3.07. The maximum Gasteiger partial charge on any atom is 0.0645 e. The van der Waals surface area contributed by atoms with Crippen molar-refractivity contribution >= 4 is 43.6 Å². The van der Waals surface area contributed by atoms with E-state index >= 15 is 0 Å². The molecule has 0 fully saturated rings. The summed E-state index contributed by atoms with van der Waals surface area (Å²) in [5.74, 6) is 0. The Balaban J connectivity index is 1.48. The third-order valence-electron chi connectivity index (χ3n) is 7.04. The van der Waals surface area contributed by atoms with Crippen LogP contribution in [0, 0.1) is 0 Å². The van der Waals surface area contributed by atoms with E-state index in [9.17, 15) is 4.11 Å². The number of hydrogen-bond acceptors (Lipinski definition) is 0. The van der Waals surface area contributed by atoms with Gasteiger partial charge in [-0.05, 0) is 71.7 Å². The van der Waals surface area contributed by atoms with Crippen molar-refractivity contribution < 1.29 is 12.3 Å². The molecule has 178 valence electrons. The zero-order chi connectivity index (χ0) is 32.9. The summed E-state index contributed by atoms with van der Waals surface area (Å²) in [4.78, 5) is 0. The van der Waals surface area contributed by atoms with Crippen LogP contribution in [-0.4, -0.2) is 9.13 Å². The number of benzene rings is 6. The van der Waals surface area contributed by atoms with Crippen LogP contribution in [0.2, 0.25) is 0 Å². The molecule has 2 heteroatoms. The molecule has 2 heterocycles. The highest BCUT2D eigenvalue weighted by Gasteiger charge is 2.15. The lowest BCUT2D eigenvalue weighted by Gasteiger charge is -2.09. The monoisotopic (exact) mass is 493 g/mol. The summed E-state index contributed by atoms with van der Waals surface area (Å²) in [6, 6.07) is 25.8. The van der Waals surface area contributed by atoms with Crippen molar-refractivity contribution in [3.8, 4) is 22.5 Å². The minimum absolute atomic E-state index is 0.108. The van der Waals surface area contributed by atoms with Crippen LogP contribution in [0.3, 0.4) is 0 Å². The van der Waals surface area contributed by atoms with Crippen molar-refractivity contribution in [3.05, 3.63) is 145 Å². The van der Waals surface area contributed by atoms with Crippen molar-refractivity contribution in [2.45, 2.75) is 0 Å². The van der Waals surface area contributed by atoms with Crippen LogP contribution in [-0.2, 0) is 0 Å². The molecule has 8 aromatic rings. The van der Waals surface area contributed by atoms with E-state index in [0.29, 0.717) is 17.3 Å². The van der Waals surface area contributed by atoms with Crippen molar-refractivity contribution in [1.82, 2.24) is 9.13 Å². The quantitative estimate of drug-likeness (QED) is 0.232. The highest BCUT2D eigenvalue weighted by Crippen LogP contribution is 2.38. The number of aromatic nitrogens is 2. The molecule has 0 unspecified atom stereocenters. The van der Waals surface area contributed by atoms with Crippen LogP contribution >= 0.6 is 0 Å². The van der Waals surface area contributed by atoms with Gasteiger partial charge in [0.05, 0.1) is 34.4 Å². The molecule has 0 N–H and O–H groups in total. The van der Waals surface area contributed by atoms with Gasteiger partial charge in [-0.1, -0.05) is 84.8 Å². The van der Waals surface area contributed by atoms with Gasteiger partial charge in [0.1, 0.15) is 0 Å². The Labute approximate surface area is 233 Å². The highest BCUT2D eigenvalue weighted by molar-refractivity contribution is 6.12. The van der Waals surface area contributed by atoms with Crippen LogP contribution in [0.15, 0.2) is 145 Å². The van der Waals surface area contributed by atoms with Gasteiger partial charge in [-0.3, -0.25) is 0 Å². The summed E-state index contributed by atoms with van der Waals surface area (Å²) < 4.78 is 82.0. The maximum absolute atomic E-state index is 9.51. The number of rotatable bonds is 3. The van der Waals surface area contributed by atoms with Crippen LogP contribution in [0.4, 0.5) is 0 Å². The summed E-state index contributed by atoms with van der Waals surface area (Å²) in [5.41, 5.74) is 4.15. The van der Waals surface area contributed by atoms with Gasteiger partial charge in [0.25, 0.3) is 0 Å². The molecular formula is C36H24N2. The maximum atomic E-state index is 9.51. The first-order valence-electron chi connectivity index (χ1n) is 16.8. The third-order valence-corrected chi connectivity index (χ3v) is 7.04. The largest absolute Gasteiger partial charge is 0.309 e. The van der Waals surface area contributed by atoms with E-state index in [1.807, 2.05) is 54.6 Å². The number of hydrogen-bond donors (Lipinski definition) is 0. The smallest absolute Gasteiger partial charge is 0.0645 e. The van der Waals surface area contributed by atoms with Gasteiger partial charge < -0.3 is 9.13 Å². The van der Waals surface area contributed by atoms with E-state index < -0.39 is 12.1 Å². The second kappa shape index (κ2) is 8.22. The van der Waals surface area contributed by atoms with Gasteiger partial charge in [-0.15, -0.1) is 0 Å². The van der Waals surface area contributed by atoms with Gasteiger partial charge in [-0.25, -0.2) is 0 Å². The molecule has 0 amide bonds. The Morgan fingerprint density at radius 3 is 1.87 bits per heavy atom. The normalized spacial score (nSPS) is 15.0. The van der Waals surface area contributed by atoms with Crippen LogP contribution in [0.25, 0.3) is 66.1 Å².